The van der Waals surface area contributed by atoms with Crippen LogP contribution in [-0.2, 0) is 24.7 Å². The van der Waals surface area contributed by atoms with Gasteiger partial charge in [-0.15, -0.1) is 0 Å². The molecule has 1 aromatic carbocycles. The number of amides is 6. The molecule has 0 unspecified atom stereocenters. The summed E-state index contributed by atoms with van der Waals surface area (Å²) in [6.07, 6.45) is 0.699. The summed E-state index contributed by atoms with van der Waals surface area (Å²) < 4.78 is 4.74. The third kappa shape index (κ3) is 4.84. The van der Waals surface area contributed by atoms with Crippen LogP contribution in [0.4, 0.5) is 9.59 Å². The zero-order valence-electron chi connectivity index (χ0n) is 15.6. The van der Waals surface area contributed by atoms with Crippen molar-refractivity contribution >= 4 is 29.8 Å². The van der Waals surface area contributed by atoms with Gasteiger partial charge in [0.25, 0.3) is 11.8 Å². The third-order valence-electron chi connectivity index (χ3n) is 4.07. The fourth-order valence-electron chi connectivity index (χ4n) is 2.57. The Labute approximate surface area is 161 Å². The molecule has 1 fully saturated rings. The second-order valence-corrected chi connectivity index (χ2v) is 6.28. The van der Waals surface area contributed by atoms with Crippen LogP contribution in [0.2, 0.25) is 0 Å². The fraction of sp³-hybridized carbons (Fsp3) is 0.389. The number of hydrogen-bond acceptors (Lipinski definition) is 6. The Hall–Kier alpha value is -3.43. The molecule has 1 aliphatic heterocycles. The van der Waals surface area contributed by atoms with Gasteiger partial charge in [-0.05, 0) is 18.9 Å². The van der Waals surface area contributed by atoms with Crippen LogP contribution in [0.15, 0.2) is 30.3 Å². The van der Waals surface area contributed by atoms with Crippen molar-refractivity contribution in [3.05, 3.63) is 35.9 Å². The van der Waals surface area contributed by atoms with Crippen molar-refractivity contribution < 1.29 is 28.7 Å². The molecule has 1 atom stereocenters. The van der Waals surface area contributed by atoms with Gasteiger partial charge in [0.05, 0.1) is 0 Å². The van der Waals surface area contributed by atoms with E-state index in [1.807, 2.05) is 12.2 Å². The van der Waals surface area contributed by atoms with Gasteiger partial charge in [0.1, 0.15) is 12.1 Å². The lowest BCUT2D eigenvalue weighted by Gasteiger charge is -2.21. The first kappa shape index (κ1) is 20.9. The standard InChI is InChI=1S/C18H22N4O6/c1-3-9-19-16(26)20-13(23)11-28-14(24)10-22-15(25)18(2,21-17(22)27)12-7-5-4-6-8-12/h4-8H,3,9-11H2,1-2H3,(H,21,27)(H2,19,20,23,26)/t18-/m1/s1. The maximum absolute atomic E-state index is 12.7. The van der Waals surface area contributed by atoms with Crippen LogP contribution in [0.3, 0.4) is 0 Å². The number of hydrogen-bond donors (Lipinski definition) is 3. The van der Waals surface area contributed by atoms with E-state index in [-0.39, 0.29) is 0 Å². The minimum absolute atomic E-state index is 0.394. The monoisotopic (exact) mass is 390 g/mol. The van der Waals surface area contributed by atoms with Crippen LogP contribution in [0, 0.1) is 0 Å². The average molecular weight is 390 g/mol. The number of urea groups is 2. The lowest BCUT2D eigenvalue weighted by molar-refractivity contribution is -0.150. The lowest BCUT2D eigenvalue weighted by atomic mass is 9.92. The Morgan fingerprint density at radius 1 is 1.18 bits per heavy atom. The smallest absolute Gasteiger partial charge is 0.326 e. The molecule has 0 bridgehead atoms. The first-order chi connectivity index (χ1) is 13.3. The number of carbonyl (C=O) groups is 5. The predicted octanol–water partition coefficient (Wildman–Crippen LogP) is 0.233. The molecule has 10 heteroatoms. The maximum atomic E-state index is 12.7. The molecule has 3 N–H and O–H groups in total. The first-order valence-electron chi connectivity index (χ1n) is 8.71. The molecule has 1 saturated heterocycles. The molecule has 6 amide bonds. The van der Waals surface area contributed by atoms with Crippen molar-refractivity contribution in [2.24, 2.45) is 0 Å². The molecule has 28 heavy (non-hydrogen) atoms. The van der Waals surface area contributed by atoms with E-state index in [2.05, 4.69) is 10.6 Å². The van der Waals surface area contributed by atoms with Crippen molar-refractivity contribution in [1.29, 1.82) is 0 Å². The second-order valence-electron chi connectivity index (χ2n) is 6.28. The van der Waals surface area contributed by atoms with E-state index in [1.54, 1.807) is 30.3 Å². The molecule has 1 aliphatic rings. The molecular formula is C18H22N4O6. The highest BCUT2D eigenvalue weighted by Gasteiger charge is 2.49. The summed E-state index contributed by atoms with van der Waals surface area (Å²) in [6, 6.07) is 7.17. The largest absolute Gasteiger partial charge is 0.454 e. The molecule has 10 nitrogen and oxygen atoms in total. The van der Waals surface area contributed by atoms with Crippen LogP contribution in [0.1, 0.15) is 25.8 Å². The molecule has 150 valence electrons. The van der Waals surface area contributed by atoms with E-state index >= 15 is 0 Å². The number of nitrogens with one attached hydrogen (secondary N) is 3. The SMILES string of the molecule is CCCNC(=O)NC(=O)COC(=O)CN1C(=O)N[C@](C)(c2ccccc2)C1=O. The summed E-state index contributed by atoms with van der Waals surface area (Å²) in [6.45, 7) is 2.42. The van der Waals surface area contributed by atoms with Crippen molar-refractivity contribution in [3.8, 4) is 0 Å². The number of ether oxygens (including phenoxy) is 1. The van der Waals surface area contributed by atoms with E-state index in [4.69, 9.17) is 4.74 Å². The zero-order chi connectivity index (χ0) is 20.7. The van der Waals surface area contributed by atoms with Gasteiger partial charge >= 0.3 is 18.0 Å². The molecular weight excluding hydrogens is 368 g/mol. The van der Waals surface area contributed by atoms with Crippen LogP contribution in [0.25, 0.3) is 0 Å². The highest BCUT2D eigenvalue weighted by Crippen LogP contribution is 2.28. The van der Waals surface area contributed by atoms with Crippen LogP contribution < -0.4 is 16.0 Å². The van der Waals surface area contributed by atoms with Crippen molar-refractivity contribution in [2.75, 3.05) is 19.7 Å². The Morgan fingerprint density at radius 3 is 2.50 bits per heavy atom. The highest BCUT2D eigenvalue weighted by molar-refractivity contribution is 6.09. The fourth-order valence-corrected chi connectivity index (χ4v) is 2.57. The molecule has 0 radical (unpaired) electrons. The first-order valence-corrected chi connectivity index (χ1v) is 8.71. The van der Waals surface area contributed by atoms with E-state index in [9.17, 15) is 24.0 Å². The summed E-state index contributed by atoms with van der Waals surface area (Å²) in [4.78, 5) is 60.4. The van der Waals surface area contributed by atoms with Gasteiger partial charge < -0.3 is 15.4 Å². The lowest BCUT2D eigenvalue weighted by Crippen LogP contribution is -2.43. The van der Waals surface area contributed by atoms with E-state index in [1.165, 1.54) is 6.92 Å². The van der Waals surface area contributed by atoms with Crippen molar-refractivity contribution in [1.82, 2.24) is 20.9 Å². The van der Waals surface area contributed by atoms with Gasteiger partial charge in [-0.2, -0.15) is 0 Å². The van der Waals surface area contributed by atoms with Crippen molar-refractivity contribution in [2.45, 2.75) is 25.8 Å². The predicted molar refractivity (Wildman–Crippen MR) is 96.8 cm³/mol. The summed E-state index contributed by atoms with van der Waals surface area (Å²) >= 11 is 0. The van der Waals surface area contributed by atoms with Crippen LogP contribution >= 0.6 is 0 Å². The topological polar surface area (TPSA) is 134 Å². The number of benzene rings is 1. The highest BCUT2D eigenvalue weighted by atomic mass is 16.5. The molecule has 0 spiro atoms. The van der Waals surface area contributed by atoms with Crippen molar-refractivity contribution in [3.63, 3.8) is 0 Å². The molecule has 0 aromatic heterocycles. The minimum Gasteiger partial charge on any atom is -0.454 e. The van der Waals surface area contributed by atoms with Gasteiger partial charge in [-0.3, -0.25) is 24.6 Å². The summed E-state index contributed by atoms with van der Waals surface area (Å²) in [5, 5.41) is 6.98. The quantitative estimate of drug-likeness (QED) is 0.451. The number of nitrogens with zero attached hydrogens (tertiary/aromatic N) is 1. The van der Waals surface area contributed by atoms with Gasteiger partial charge in [0.15, 0.2) is 6.61 Å². The second kappa shape index (κ2) is 8.98. The number of carbonyl (C=O) groups excluding carboxylic acids is 5. The van der Waals surface area contributed by atoms with Gasteiger partial charge in [0.2, 0.25) is 0 Å². The average Bonchev–Trinajstić information content (AvgIpc) is 2.89. The van der Waals surface area contributed by atoms with E-state index < -0.39 is 48.5 Å². The molecule has 1 aromatic rings. The summed E-state index contributed by atoms with van der Waals surface area (Å²) in [5.74, 6) is -2.39. The van der Waals surface area contributed by atoms with E-state index in [0.717, 1.165) is 4.90 Å². The van der Waals surface area contributed by atoms with Gasteiger partial charge in [0, 0.05) is 6.54 Å². The third-order valence-corrected chi connectivity index (χ3v) is 4.07. The molecule has 1 heterocycles. The number of imide groups is 2. The van der Waals surface area contributed by atoms with Gasteiger partial charge in [-0.1, -0.05) is 37.3 Å². The molecule has 0 aliphatic carbocycles. The summed E-state index contributed by atoms with van der Waals surface area (Å²) in [7, 11) is 0. The molecule has 2 rings (SSSR count). The number of esters is 1. The molecule has 0 saturated carbocycles. The Morgan fingerprint density at radius 2 is 1.86 bits per heavy atom. The Bertz CT molecular complexity index is 782. The normalized spacial score (nSPS) is 18.4. The minimum atomic E-state index is -1.30. The zero-order valence-corrected chi connectivity index (χ0v) is 15.6. The van der Waals surface area contributed by atoms with Crippen LogP contribution in [-0.4, -0.2) is 54.4 Å². The van der Waals surface area contributed by atoms with Crippen LogP contribution in [0.5, 0.6) is 0 Å². The Balaban J connectivity index is 1.88. The Kier molecular flexibility index (Phi) is 6.69. The maximum Gasteiger partial charge on any atom is 0.326 e. The van der Waals surface area contributed by atoms with E-state index in [0.29, 0.717) is 18.5 Å². The van der Waals surface area contributed by atoms with Gasteiger partial charge in [-0.25, -0.2) is 9.59 Å². The number of rotatable bonds is 7. The summed E-state index contributed by atoms with van der Waals surface area (Å²) in [5.41, 5.74) is -0.727.